The number of hydrogen-bond acceptors (Lipinski definition) is 6. The average Bonchev–Trinajstić information content (AvgIpc) is 3.26. The lowest BCUT2D eigenvalue weighted by Crippen LogP contribution is -2.53. The first-order valence-electron chi connectivity index (χ1n) is 15.9. The summed E-state index contributed by atoms with van der Waals surface area (Å²) in [6.07, 6.45) is 3.42. The number of hydrogen-bond donors (Lipinski definition) is 1. The number of carbonyl (C=O) groups is 2. The summed E-state index contributed by atoms with van der Waals surface area (Å²) >= 11 is 0. The molecule has 0 bridgehead atoms. The van der Waals surface area contributed by atoms with Gasteiger partial charge in [-0.25, -0.2) is 14.6 Å². The Hall–Kier alpha value is -3.75. The Bertz CT molecular complexity index is 1480. The number of nitrogens with zero attached hydrogens (tertiary/aromatic N) is 4. The van der Waals surface area contributed by atoms with E-state index in [9.17, 15) is 9.59 Å². The van der Waals surface area contributed by atoms with Crippen LogP contribution in [0.2, 0.25) is 0 Å². The Kier molecular flexibility index (Phi) is 8.62. The second-order valence-corrected chi connectivity index (χ2v) is 14.9. The maximum absolute atomic E-state index is 13.4. The number of likely N-dealkylation sites (tertiary alicyclic amines) is 1. The smallest absolute Gasteiger partial charge is 0.410 e. The number of anilines is 1. The monoisotopic (exact) mass is 603 g/mol. The van der Waals surface area contributed by atoms with Crippen molar-refractivity contribution in [3.8, 4) is 0 Å². The van der Waals surface area contributed by atoms with Gasteiger partial charge in [0.25, 0.3) is 0 Å². The molecule has 44 heavy (non-hydrogen) atoms. The second kappa shape index (κ2) is 12.0. The molecule has 2 N–H and O–H groups in total. The van der Waals surface area contributed by atoms with Crippen molar-refractivity contribution in [2.45, 2.75) is 105 Å². The van der Waals surface area contributed by atoms with Gasteiger partial charge < -0.3 is 29.6 Å². The lowest BCUT2D eigenvalue weighted by Gasteiger charge is -2.53. The van der Waals surface area contributed by atoms with Crippen molar-refractivity contribution in [2.24, 2.45) is 10.8 Å². The molecule has 2 aliphatic rings. The number of amides is 2. The lowest BCUT2D eigenvalue weighted by molar-refractivity contribution is -0.0332. The summed E-state index contributed by atoms with van der Waals surface area (Å²) < 4.78 is 13.6. The van der Waals surface area contributed by atoms with Gasteiger partial charge in [-0.1, -0.05) is 57.2 Å². The highest BCUT2D eigenvalue weighted by atomic mass is 16.6. The highest BCUT2D eigenvalue weighted by Crippen LogP contribution is 2.54. The molecule has 1 aliphatic carbocycles. The SMILES string of the molecule is C[C@H](N(Cc1ccc2c(c1)nc(N)n2C1CC2(CCCN(C(=O)OC(C)(C)C)C2)C1)C(=O)OCc1ccccc1)C(C)(C)C. The minimum absolute atomic E-state index is 0.0639. The molecular weight excluding hydrogens is 554 g/mol. The van der Waals surface area contributed by atoms with Crippen LogP contribution >= 0.6 is 0 Å². The Labute approximate surface area is 261 Å². The minimum atomic E-state index is -0.503. The maximum Gasteiger partial charge on any atom is 0.410 e. The number of fused-ring (bicyclic) bond motifs is 1. The van der Waals surface area contributed by atoms with Crippen molar-refractivity contribution in [3.05, 3.63) is 59.7 Å². The molecule has 2 aromatic carbocycles. The molecule has 2 fully saturated rings. The molecule has 1 saturated heterocycles. The summed E-state index contributed by atoms with van der Waals surface area (Å²) in [5, 5.41) is 0. The van der Waals surface area contributed by atoms with Crippen molar-refractivity contribution >= 4 is 29.2 Å². The lowest BCUT2D eigenvalue weighted by atomic mass is 9.61. The second-order valence-electron chi connectivity index (χ2n) is 14.9. The zero-order valence-corrected chi connectivity index (χ0v) is 27.4. The van der Waals surface area contributed by atoms with Crippen LogP contribution in [0, 0.1) is 10.8 Å². The number of ether oxygens (including phenoxy) is 2. The van der Waals surface area contributed by atoms with Gasteiger partial charge in [0.2, 0.25) is 5.95 Å². The summed E-state index contributed by atoms with van der Waals surface area (Å²) in [6, 6.07) is 16.1. The summed E-state index contributed by atoms with van der Waals surface area (Å²) in [6.45, 7) is 16.3. The van der Waals surface area contributed by atoms with Crippen molar-refractivity contribution < 1.29 is 19.1 Å². The van der Waals surface area contributed by atoms with E-state index in [4.69, 9.17) is 20.2 Å². The van der Waals surface area contributed by atoms with Crippen molar-refractivity contribution in [1.82, 2.24) is 19.4 Å². The number of nitrogens with two attached hydrogens (primary N) is 1. The van der Waals surface area contributed by atoms with Gasteiger partial charge in [-0.2, -0.15) is 0 Å². The zero-order valence-electron chi connectivity index (χ0n) is 27.4. The summed E-state index contributed by atoms with van der Waals surface area (Å²) in [4.78, 5) is 34.6. The van der Waals surface area contributed by atoms with Crippen molar-refractivity contribution in [2.75, 3.05) is 18.8 Å². The van der Waals surface area contributed by atoms with E-state index in [0.717, 1.165) is 60.9 Å². The molecule has 0 radical (unpaired) electrons. The van der Waals surface area contributed by atoms with E-state index in [1.165, 1.54) is 0 Å². The zero-order chi connectivity index (χ0) is 31.9. The summed E-state index contributed by atoms with van der Waals surface area (Å²) in [7, 11) is 0. The molecule has 2 amide bonds. The molecule has 238 valence electrons. The molecule has 1 saturated carbocycles. The predicted molar refractivity (Wildman–Crippen MR) is 173 cm³/mol. The van der Waals surface area contributed by atoms with E-state index in [-0.39, 0.29) is 41.7 Å². The molecule has 9 nitrogen and oxygen atoms in total. The number of aromatic nitrogens is 2. The fraction of sp³-hybridized carbons (Fsp3) is 0.571. The van der Waals surface area contributed by atoms with E-state index in [1.54, 1.807) is 4.90 Å². The predicted octanol–water partition coefficient (Wildman–Crippen LogP) is 7.54. The summed E-state index contributed by atoms with van der Waals surface area (Å²) in [5.41, 5.74) is 9.70. The number of rotatable bonds is 6. The molecule has 0 unspecified atom stereocenters. The van der Waals surface area contributed by atoms with Gasteiger partial charge in [0, 0.05) is 31.7 Å². The number of piperidine rings is 1. The third-order valence-electron chi connectivity index (χ3n) is 9.31. The number of nitrogen functional groups attached to an aromatic ring is 1. The van der Waals surface area contributed by atoms with Crippen LogP contribution in [-0.4, -0.2) is 56.3 Å². The first-order chi connectivity index (χ1) is 20.6. The molecule has 5 rings (SSSR count). The number of benzene rings is 2. The molecule has 2 heterocycles. The number of carbonyl (C=O) groups excluding carboxylic acids is 2. The normalized spacial score (nSPS) is 21.2. The van der Waals surface area contributed by atoms with Crippen LogP contribution in [0.25, 0.3) is 11.0 Å². The topological polar surface area (TPSA) is 103 Å². The average molecular weight is 604 g/mol. The van der Waals surface area contributed by atoms with Gasteiger partial charge >= 0.3 is 12.2 Å². The van der Waals surface area contributed by atoms with Gasteiger partial charge in [0.05, 0.1) is 11.0 Å². The van der Waals surface area contributed by atoms with Crippen LogP contribution in [0.4, 0.5) is 15.5 Å². The van der Waals surface area contributed by atoms with E-state index in [2.05, 4.69) is 44.4 Å². The van der Waals surface area contributed by atoms with Crippen LogP contribution in [-0.2, 0) is 22.6 Å². The molecule has 3 aromatic rings. The van der Waals surface area contributed by atoms with E-state index in [0.29, 0.717) is 12.5 Å². The van der Waals surface area contributed by atoms with Gasteiger partial charge in [-0.3, -0.25) is 0 Å². The van der Waals surface area contributed by atoms with Crippen molar-refractivity contribution in [3.63, 3.8) is 0 Å². The molecule has 1 aromatic heterocycles. The third-order valence-corrected chi connectivity index (χ3v) is 9.31. The highest BCUT2D eigenvalue weighted by molar-refractivity contribution is 5.79. The first-order valence-corrected chi connectivity index (χ1v) is 15.9. The van der Waals surface area contributed by atoms with E-state index in [1.807, 2.05) is 62.1 Å². The third kappa shape index (κ3) is 6.97. The molecular formula is C35H49N5O4. The first kappa shape index (κ1) is 31.7. The Morgan fingerprint density at radius 2 is 1.77 bits per heavy atom. The Morgan fingerprint density at radius 3 is 2.43 bits per heavy atom. The fourth-order valence-corrected chi connectivity index (χ4v) is 6.62. The van der Waals surface area contributed by atoms with Crippen LogP contribution in [0.1, 0.15) is 91.3 Å². The molecule has 9 heteroatoms. The van der Waals surface area contributed by atoms with E-state index < -0.39 is 5.60 Å². The van der Waals surface area contributed by atoms with Crippen molar-refractivity contribution in [1.29, 1.82) is 0 Å². The Morgan fingerprint density at radius 1 is 1.07 bits per heavy atom. The van der Waals surface area contributed by atoms with Crippen LogP contribution in [0.5, 0.6) is 0 Å². The Balaban J connectivity index is 1.29. The van der Waals surface area contributed by atoms with Crippen LogP contribution in [0.15, 0.2) is 48.5 Å². The van der Waals surface area contributed by atoms with Gasteiger partial charge in [-0.15, -0.1) is 0 Å². The molecule has 1 spiro atoms. The van der Waals surface area contributed by atoms with Gasteiger partial charge in [0.1, 0.15) is 12.2 Å². The molecule has 1 atom stereocenters. The van der Waals surface area contributed by atoms with Gasteiger partial charge in [0.15, 0.2) is 0 Å². The van der Waals surface area contributed by atoms with Crippen LogP contribution < -0.4 is 5.73 Å². The quantitative estimate of drug-likeness (QED) is 0.312. The molecule has 1 aliphatic heterocycles. The van der Waals surface area contributed by atoms with E-state index >= 15 is 0 Å². The van der Waals surface area contributed by atoms with Crippen LogP contribution in [0.3, 0.4) is 0 Å². The number of imidazole rings is 1. The summed E-state index contributed by atoms with van der Waals surface area (Å²) in [5.74, 6) is 0.499. The fourth-order valence-electron chi connectivity index (χ4n) is 6.62. The highest BCUT2D eigenvalue weighted by Gasteiger charge is 2.49. The standard InChI is InChI=1S/C35H49N5O4/c1-24(33(2,3)4)39(32(42)43-22-25-12-9-8-10-13-25)21-26-14-15-29-28(18-26)37-30(36)40(29)27-19-35(20-27)16-11-17-38(23-35)31(41)44-34(5,6)7/h8-10,12-15,18,24,27H,11,16-17,19-23H2,1-7H3,(H2,36,37)/t24-,27?,35?/m0/s1. The van der Waals surface area contributed by atoms with Gasteiger partial charge in [-0.05, 0) is 87.5 Å². The minimum Gasteiger partial charge on any atom is -0.445 e. The maximum atomic E-state index is 13.4. The largest absolute Gasteiger partial charge is 0.445 e.